The molecule has 3 aromatic rings. The molecule has 30 heavy (non-hydrogen) atoms. The quantitative estimate of drug-likeness (QED) is 0.528. The Morgan fingerprint density at radius 3 is 2.73 bits per heavy atom. The Morgan fingerprint density at radius 2 is 2.00 bits per heavy atom. The lowest BCUT2D eigenvalue weighted by Gasteiger charge is -2.11. The predicted octanol–water partition coefficient (Wildman–Crippen LogP) is 3.95. The summed E-state index contributed by atoms with van der Waals surface area (Å²) in [5.74, 6) is -0.192. The van der Waals surface area contributed by atoms with Gasteiger partial charge in [0, 0.05) is 11.9 Å². The van der Waals surface area contributed by atoms with Gasteiger partial charge < -0.3 is 20.1 Å². The molecule has 1 amide bonds. The van der Waals surface area contributed by atoms with Gasteiger partial charge in [-0.1, -0.05) is 0 Å². The zero-order valence-electron chi connectivity index (χ0n) is 16.0. The third-order valence-electron chi connectivity index (χ3n) is 3.83. The van der Waals surface area contributed by atoms with E-state index in [0.717, 1.165) is 5.75 Å². The SMILES string of the molecule is CCOc1ccc(Nc2ncccc2C(=O)OCC(=O)Nc2sccc2C#N)cc1. The zero-order valence-corrected chi connectivity index (χ0v) is 16.9. The molecular formula is C21H18N4O4S. The van der Waals surface area contributed by atoms with Gasteiger partial charge in [0.25, 0.3) is 5.91 Å². The standard InChI is InChI=1S/C21H18N4O4S/c1-2-28-16-7-5-15(6-8-16)24-19-17(4-3-10-23-19)21(27)29-13-18(26)25-20-14(12-22)9-11-30-20/h3-11H,2,13H2,1H3,(H,23,24)(H,25,26). The fourth-order valence-corrected chi connectivity index (χ4v) is 3.23. The van der Waals surface area contributed by atoms with Crippen LogP contribution in [0.2, 0.25) is 0 Å². The smallest absolute Gasteiger partial charge is 0.342 e. The van der Waals surface area contributed by atoms with Crippen molar-refractivity contribution in [1.29, 1.82) is 5.26 Å². The van der Waals surface area contributed by atoms with E-state index in [1.54, 1.807) is 54.0 Å². The van der Waals surface area contributed by atoms with E-state index < -0.39 is 18.5 Å². The van der Waals surface area contributed by atoms with Crippen LogP contribution >= 0.6 is 11.3 Å². The number of hydrogen-bond donors (Lipinski definition) is 2. The van der Waals surface area contributed by atoms with Crippen LogP contribution in [0, 0.1) is 11.3 Å². The number of ether oxygens (including phenoxy) is 2. The van der Waals surface area contributed by atoms with Crippen LogP contribution in [0.25, 0.3) is 0 Å². The highest BCUT2D eigenvalue weighted by molar-refractivity contribution is 7.14. The second-order valence-electron chi connectivity index (χ2n) is 5.88. The second-order valence-corrected chi connectivity index (χ2v) is 6.80. The van der Waals surface area contributed by atoms with Crippen LogP contribution in [0.5, 0.6) is 5.75 Å². The maximum absolute atomic E-state index is 12.5. The van der Waals surface area contributed by atoms with Crippen molar-refractivity contribution in [2.45, 2.75) is 6.92 Å². The summed E-state index contributed by atoms with van der Waals surface area (Å²) in [6.07, 6.45) is 1.54. The molecule has 0 spiro atoms. The largest absolute Gasteiger partial charge is 0.494 e. The van der Waals surface area contributed by atoms with Crippen molar-refractivity contribution < 1.29 is 19.1 Å². The van der Waals surface area contributed by atoms with Crippen molar-refractivity contribution in [3.8, 4) is 11.8 Å². The van der Waals surface area contributed by atoms with E-state index >= 15 is 0 Å². The fourth-order valence-electron chi connectivity index (χ4n) is 2.47. The van der Waals surface area contributed by atoms with Crippen LogP contribution < -0.4 is 15.4 Å². The normalized spacial score (nSPS) is 10.0. The summed E-state index contributed by atoms with van der Waals surface area (Å²) in [7, 11) is 0. The summed E-state index contributed by atoms with van der Waals surface area (Å²) in [5, 5.41) is 16.7. The minimum Gasteiger partial charge on any atom is -0.494 e. The molecule has 2 heterocycles. The molecule has 2 aromatic heterocycles. The first-order valence-electron chi connectivity index (χ1n) is 9.00. The molecule has 0 aliphatic heterocycles. The first-order chi connectivity index (χ1) is 14.6. The molecular weight excluding hydrogens is 404 g/mol. The van der Waals surface area contributed by atoms with E-state index in [1.807, 2.05) is 13.0 Å². The van der Waals surface area contributed by atoms with Crippen LogP contribution in [0.15, 0.2) is 54.0 Å². The van der Waals surface area contributed by atoms with Crippen LogP contribution in [-0.2, 0) is 9.53 Å². The number of nitrogens with zero attached hydrogens (tertiary/aromatic N) is 2. The van der Waals surface area contributed by atoms with Crippen molar-refractivity contribution in [2.75, 3.05) is 23.8 Å². The molecule has 0 fully saturated rings. The number of carbonyl (C=O) groups excluding carboxylic acids is 2. The zero-order chi connectivity index (χ0) is 21.3. The summed E-state index contributed by atoms with van der Waals surface area (Å²) >= 11 is 1.22. The van der Waals surface area contributed by atoms with Gasteiger partial charge in [0.1, 0.15) is 28.2 Å². The highest BCUT2D eigenvalue weighted by atomic mass is 32.1. The number of nitrogens with one attached hydrogen (secondary N) is 2. The maximum atomic E-state index is 12.5. The lowest BCUT2D eigenvalue weighted by atomic mass is 10.2. The Kier molecular flexibility index (Phi) is 6.97. The van der Waals surface area contributed by atoms with E-state index in [9.17, 15) is 9.59 Å². The molecule has 0 radical (unpaired) electrons. The van der Waals surface area contributed by atoms with Gasteiger partial charge in [-0.2, -0.15) is 5.26 Å². The van der Waals surface area contributed by atoms with Crippen LogP contribution in [0.1, 0.15) is 22.8 Å². The second kappa shape index (κ2) is 10.0. The molecule has 0 aliphatic carbocycles. The number of nitriles is 1. The minimum absolute atomic E-state index is 0.188. The number of benzene rings is 1. The summed E-state index contributed by atoms with van der Waals surface area (Å²) in [6.45, 7) is 1.99. The monoisotopic (exact) mass is 422 g/mol. The van der Waals surface area contributed by atoms with Gasteiger partial charge >= 0.3 is 5.97 Å². The van der Waals surface area contributed by atoms with Gasteiger partial charge in [-0.25, -0.2) is 9.78 Å². The Morgan fingerprint density at radius 1 is 1.20 bits per heavy atom. The minimum atomic E-state index is -0.696. The lowest BCUT2D eigenvalue weighted by molar-refractivity contribution is -0.119. The van der Waals surface area contributed by atoms with Crippen molar-refractivity contribution in [3.63, 3.8) is 0 Å². The molecule has 3 rings (SSSR count). The van der Waals surface area contributed by atoms with E-state index in [4.69, 9.17) is 14.7 Å². The average molecular weight is 422 g/mol. The first kappa shape index (κ1) is 20.8. The maximum Gasteiger partial charge on any atom is 0.342 e. The van der Waals surface area contributed by atoms with E-state index in [0.29, 0.717) is 28.7 Å². The number of pyridine rings is 1. The van der Waals surface area contributed by atoms with Gasteiger partial charge in [0.15, 0.2) is 6.61 Å². The van der Waals surface area contributed by atoms with Gasteiger partial charge in [0.05, 0.1) is 12.2 Å². The highest BCUT2D eigenvalue weighted by Gasteiger charge is 2.16. The van der Waals surface area contributed by atoms with Gasteiger partial charge in [0.2, 0.25) is 0 Å². The molecule has 0 saturated carbocycles. The van der Waals surface area contributed by atoms with Crippen molar-refractivity contribution in [3.05, 3.63) is 65.2 Å². The average Bonchev–Trinajstić information content (AvgIpc) is 3.21. The number of thiophene rings is 1. The molecule has 0 bridgehead atoms. The van der Waals surface area contributed by atoms with Crippen LogP contribution in [-0.4, -0.2) is 30.1 Å². The summed E-state index contributed by atoms with van der Waals surface area (Å²) in [4.78, 5) is 28.7. The summed E-state index contributed by atoms with van der Waals surface area (Å²) in [5.41, 5.74) is 1.26. The van der Waals surface area contributed by atoms with Crippen LogP contribution in [0.4, 0.5) is 16.5 Å². The molecule has 8 nitrogen and oxygen atoms in total. The molecule has 0 aliphatic rings. The molecule has 0 saturated heterocycles. The van der Waals surface area contributed by atoms with Crippen LogP contribution in [0.3, 0.4) is 0 Å². The van der Waals surface area contributed by atoms with Crippen molar-refractivity contribution in [1.82, 2.24) is 4.98 Å². The van der Waals surface area contributed by atoms with E-state index in [1.165, 1.54) is 11.3 Å². The number of amides is 1. The third kappa shape index (κ3) is 5.33. The van der Waals surface area contributed by atoms with Gasteiger partial charge in [-0.05, 0) is 54.8 Å². The Hall–Kier alpha value is -3.90. The highest BCUT2D eigenvalue weighted by Crippen LogP contribution is 2.23. The lowest BCUT2D eigenvalue weighted by Crippen LogP contribution is -2.21. The van der Waals surface area contributed by atoms with Crippen molar-refractivity contribution >= 4 is 39.7 Å². The topological polar surface area (TPSA) is 113 Å². The number of esters is 1. The molecule has 0 atom stereocenters. The van der Waals surface area contributed by atoms with Crippen molar-refractivity contribution in [2.24, 2.45) is 0 Å². The summed E-state index contributed by atoms with van der Waals surface area (Å²) in [6, 6.07) is 13.9. The first-order valence-corrected chi connectivity index (χ1v) is 9.88. The summed E-state index contributed by atoms with van der Waals surface area (Å²) < 4.78 is 10.5. The number of rotatable bonds is 8. The Bertz CT molecular complexity index is 1070. The number of anilines is 3. The number of carbonyl (C=O) groups is 2. The predicted molar refractivity (Wildman–Crippen MR) is 113 cm³/mol. The number of aromatic nitrogens is 1. The molecule has 0 unspecified atom stereocenters. The van der Waals surface area contributed by atoms with E-state index in [2.05, 4.69) is 15.6 Å². The molecule has 152 valence electrons. The number of hydrogen-bond acceptors (Lipinski definition) is 8. The third-order valence-corrected chi connectivity index (χ3v) is 4.66. The van der Waals surface area contributed by atoms with E-state index in [-0.39, 0.29) is 5.56 Å². The Labute approximate surface area is 177 Å². The molecule has 9 heteroatoms. The fraction of sp³-hybridized carbons (Fsp3) is 0.143. The van der Waals surface area contributed by atoms with Gasteiger partial charge in [-0.15, -0.1) is 11.3 Å². The van der Waals surface area contributed by atoms with Gasteiger partial charge in [-0.3, -0.25) is 4.79 Å². The molecule has 2 N–H and O–H groups in total. The Balaban J connectivity index is 1.62. The molecule has 1 aromatic carbocycles.